The van der Waals surface area contributed by atoms with Crippen molar-refractivity contribution in [3.05, 3.63) is 110 Å². The van der Waals surface area contributed by atoms with E-state index in [1.54, 1.807) is 0 Å². The van der Waals surface area contributed by atoms with Gasteiger partial charge in [0.1, 0.15) is 0 Å². The van der Waals surface area contributed by atoms with E-state index in [2.05, 4.69) is 122 Å². The summed E-state index contributed by atoms with van der Waals surface area (Å²) in [6.07, 6.45) is 24.6. The van der Waals surface area contributed by atoms with Crippen LogP contribution in [0.15, 0.2) is 67.0 Å². The fourth-order valence-electron chi connectivity index (χ4n) is 11.5. The molecule has 0 radical (unpaired) electrons. The normalized spacial score (nSPS) is 19.7. The summed E-state index contributed by atoms with van der Waals surface area (Å²) < 4.78 is 8.96. The van der Waals surface area contributed by atoms with Gasteiger partial charge in [-0.25, -0.2) is 0 Å². The zero-order chi connectivity index (χ0) is 36.7. The van der Waals surface area contributed by atoms with E-state index in [1.807, 2.05) is 0 Å². The molecular formula is C46H64Cl2N2PRu. The van der Waals surface area contributed by atoms with Crippen LogP contribution in [0.5, 0.6) is 0 Å². The minimum absolute atomic E-state index is 0.643. The van der Waals surface area contributed by atoms with E-state index in [9.17, 15) is 19.4 Å². The second-order valence-corrected chi connectivity index (χ2v) is 44.9. The standard InChI is InChI=1S/C21H24N2.C18H33P.C7H6.2ClH.Ru/c1-14-9-16(3)20(17(4)10-14)22-7-8-23(13-22)21-18(5)11-15(2)12-19(21)6;1-4-10-16(11-5-1)19(17-12-6-2-7-13-17)18-14-8-3-9-15-18;1-7-5-3-2-4-6-7;;;/h7-12H,1-6H3;16-18H,1-15H2;1-6H;2*1H;/q;;;;;+1/p-1. The van der Waals surface area contributed by atoms with Gasteiger partial charge < -0.3 is 0 Å². The summed E-state index contributed by atoms with van der Waals surface area (Å²) in [7, 11) is 14.1. The predicted octanol–water partition coefficient (Wildman–Crippen LogP) is 14.2. The molecule has 52 heavy (non-hydrogen) atoms. The summed E-state index contributed by atoms with van der Waals surface area (Å²) in [4.78, 5) is 0. The Hall–Kier alpha value is -1.63. The van der Waals surface area contributed by atoms with Crippen molar-refractivity contribution in [2.24, 2.45) is 0 Å². The van der Waals surface area contributed by atoms with Crippen molar-refractivity contribution in [1.82, 2.24) is 9.13 Å². The maximum absolute atomic E-state index is 9.51. The third-order valence-corrected chi connectivity index (χ3v) is 50.1. The molecule has 3 saturated carbocycles. The molecule has 1 aromatic heterocycles. The first kappa shape index (κ1) is 38.6. The molecule has 3 aliphatic rings. The summed E-state index contributed by atoms with van der Waals surface area (Å²) >= 11 is 0. The number of aromatic nitrogens is 2. The minimum atomic E-state index is -4.96. The van der Waals surface area contributed by atoms with Crippen LogP contribution in [-0.2, 0) is 10.2 Å². The van der Waals surface area contributed by atoms with Gasteiger partial charge >= 0.3 is 325 Å². The number of hydrogen-bond donors (Lipinski definition) is 0. The Morgan fingerprint density at radius 1 is 0.538 bits per heavy atom. The van der Waals surface area contributed by atoms with Crippen molar-refractivity contribution < 1.29 is 10.2 Å². The quantitative estimate of drug-likeness (QED) is 0.130. The van der Waals surface area contributed by atoms with Crippen LogP contribution in [0.2, 0.25) is 0 Å². The molecule has 285 valence electrons. The molecule has 3 aliphatic carbocycles. The molecule has 0 unspecified atom stereocenters. The van der Waals surface area contributed by atoms with E-state index in [4.69, 9.17) is 0 Å². The van der Waals surface area contributed by atoms with Crippen molar-refractivity contribution in [2.45, 2.75) is 155 Å². The van der Waals surface area contributed by atoms with Gasteiger partial charge in [0, 0.05) is 0 Å². The first-order valence-electron chi connectivity index (χ1n) is 20.4. The average molecular weight is 848 g/mol. The summed E-state index contributed by atoms with van der Waals surface area (Å²) in [6, 6.07) is 20.6. The molecular weight excluding hydrogens is 783 g/mol. The summed E-state index contributed by atoms with van der Waals surface area (Å²) in [6.45, 7) is 13.6. The molecule has 0 saturated heterocycles. The Morgan fingerprint density at radius 3 is 1.23 bits per heavy atom. The molecule has 3 aromatic carbocycles. The number of imidazole rings is 1. The van der Waals surface area contributed by atoms with Gasteiger partial charge in [0.25, 0.3) is 0 Å². The van der Waals surface area contributed by atoms with Crippen LogP contribution >= 0.6 is 25.0 Å². The molecule has 0 bridgehead atoms. The van der Waals surface area contributed by atoms with Gasteiger partial charge in [-0.15, -0.1) is 0 Å². The molecule has 0 N–H and O–H groups in total. The van der Waals surface area contributed by atoms with Crippen LogP contribution in [0.25, 0.3) is 11.4 Å². The van der Waals surface area contributed by atoms with E-state index < -0.39 is 15.8 Å². The molecule has 0 spiro atoms. The van der Waals surface area contributed by atoms with Gasteiger partial charge in [0.05, 0.1) is 0 Å². The summed E-state index contributed by atoms with van der Waals surface area (Å²) in [5.41, 5.74) is 10.8. The number of aryl methyl sites for hydroxylation is 6. The Labute approximate surface area is 323 Å². The van der Waals surface area contributed by atoms with Gasteiger partial charge in [-0.2, -0.15) is 0 Å². The molecule has 6 heteroatoms. The van der Waals surface area contributed by atoms with E-state index in [0.717, 1.165) is 0 Å². The van der Waals surface area contributed by atoms with Crippen LogP contribution < -0.4 is 0 Å². The molecule has 4 aromatic rings. The van der Waals surface area contributed by atoms with Gasteiger partial charge in [-0.1, -0.05) is 0 Å². The monoisotopic (exact) mass is 847 g/mol. The zero-order valence-electron chi connectivity index (χ0n) is 32.8. The second kappa shape index (κ2) is 15.5. The van der Waals surface area contributed by atoms with Crippen molar-refractivity contribution in [3.63, 3.8) is 0 Å². The Bertz CT molecular complexity index is 1930. The fraction of sp³-hybridized carbons (Fsp3) is 0.522. The van der Waals surface area contributed by atoms with Gasteiger partial charge in [0.15, 0.2) is 0 Å². The topological polar surface area (TPSA) is 9.86 Å². The SMILES string of the molecule is Cc1cc(C)c(-n2ccn(-c3c(C)cc(C)cc3C)[c]2=[Ru]([Cl])([Cl])(=[CH]c2ccccc2)[PH](C2CCCCC2)(C2CCCCC2)C2CCCCC2)c(C)c1. The van der Waals surface area contributed by atoms with Crippen LogP contribution in [0.4, 0.5) is 0 Å². The van der Waals surface area contributed by atoms with Gasteiger partial charge in [-0.3, -0.25) is 0 Å². The van der Waals surface area contributed by atoms with Crippen molar-refractivity contribution >= 4 is 29.6 Å². The predicted molar refractivity (Wildman–Crippen MR) is 229 cm³/mol. The molecule has 1 heterocycles. The molecule has 0 aliphatic heterocycles. The molecule has 3 fully saturated rings. The first-order chi connectivity index (χ1) is 24.9. The number of nitrogens with zero attached hydrogens (tertiary/aromatic N) is 2. The molecule has 7 rings (SSSR count). The van der Waals surface area contributed by atoms with Crippen molar-refractivity contribution in [2.75, 3.05) is 0 Å². The van der Waals surface area contributed by atoms with Gasteiger partial charge in [-0.05, 0) is 0 Å². The van der Waals surface area contributed by atoms with E-state index >= 15 is 0 Å². The van der Waals surface area contributed by atoms with Crippen LogP contribution in [0.1, 0.15) is 135 Å². The average Bonchev–Trinajstić information content (AvgIpc) is 3.55. The number of hydrogen-bond acceptors (Lipinski definition) is 0. The van der Waals surface area contributed by atoms with Gasteiger partial charge in [0.2, 0.25) is 0 Å². The van der Waals surface area contributed by atoms with Crippen molar-refractivity contribution in [3.8, 4) is 11.4 Å². The second-order valence-electron chi connectivity index (χ2n) is 16.9. The first-order valence-corrected chi connectivity index (χ1v) is 31.4. The Morgan fingerprint density at radius 2 is 0.885 bits per heavy atom. The van der Waals surface area contributed by atoms with Crippen LogP contribution in [0, 0.1) is 45.6 Å². The van der Waals surface area contributed by atoms with E-state index in [0.29, 0.717) is 17.0 Å². The van der Waals surface area contributed by atoms with Crippen LogP contribution in [-0.4, -0.2) is 30.7 Å². The third kappa shape index (κ3) is 6.69. The summed E-state index contributed by atoms with van der Waals surface area (Å²) in [5, 5.41) is 0. The van der Waals surface area contributed by atoms with E-state index in [-0.39, 0.29) is 0 Å². The number of rotatable bonds is 7. The van der Waals surface area contributed by atoms with Crippen molar-refractivity contribution in [1.29, 1.82) is 0 Å². The molecule has 2 nitrogen and oxygen atoms in total. The molecule has 0 atom stereocenters. The molecule has 0 amide bonds. The number of benzene rings is 3. The number of halogens is 2. The van der Waals surface area contributed by atoms with Crippen LogP contribution in [0.3, 0.4) is 0 Å². The Balaban J connectivity index is 1.82. The third-order valence-electron chi connectivity index (χ3n) is 13.1. The maximum atomic E-state index is 9.51. The fourth-order valence-corrected chi connectivity index (χ4v) is 58.6. The van der Waals surface area contributed by atoms with E-state index in [1.165, 1.54) is 151 Å². The summed E-state index contributed by atoms with van der Waals surface area (Å²) in [5.74, 6) is 0. The Kier molecular flexibility index (Phi) is 11.5. The zero-order valence-corrected chi connectivity index (χ0v) is 37.0.